The maximum Gasteiger partial charge on any atom is 0.303 e. The molecule has 4 nitrogen and oxygen atoms in total. The SMILES string of the molecule is CCCCc1nc(C)c(CCC(=O)O)c(C)n1. The molecular weight excluding hydrogens is 216 g/mol. The highest BCUT2D eigenvalue weighted by molar-refractivity contribution is 5.67. The van der Waals surface area contributed by atoms with Crippen molar-refractivity contribution in [1.29, 1.82) is 0 Å². The van der Waals surface area contributed by atoms with Crippen LogP contribution in [-0.4, -0.2) is 21.0 Å². The van der Waals surface area contributed by atoms with E-state index in [0.717, 1.165) is 42.0 Å². The zero-order chi connectivity index (χ0) is 12.8. The first-order valence-electron chi connectivity index (χ1n) is 6.09. The van der Waals surface area contributed by atoms with Crippen molar-refractivity contribution in [1.82, 2.24) is 9.97 Å². The number of carbonyl (C=O) groups is 1. The fraction of sp³-hybridized carbons (Fsp3) is 0.615. The molecule has 1 aromatic heterocycles. The molecule has 1 N–H and O–H groups in total. The summed E-state index contributed by atoms with van der Waals surface area (Å²) in [5.41, 5.74) is 2.82. The molecule has 0 aliphatic heterocycles. The van der Waals surface area contributed by atoms with Crippen LogP contribution in [0.15, 0.2) is 0 Å². The summed E-state index contributed by atoms with van der Waals surface area (Å²) < 4.78 is 0. The van der Waals surface area contributed by atoms with Crippen molar-refractivity contribution >= 4 is 5.97 Å². The van der Waals surface area contributed by atoms with Gasteiger partial charge in [0.25, 0.3) is 0 Å². The smallest absolute Gasteiger partial charge is 0.303 e. The standard InChI is InChI=1S/C13H20N2O2/c1-4-5-6-12-14-9(2)11(10(3)15-12)7-8-13(16)17/h4-8H2,1-3H3,(H,16,17). The fourth-order valence-corrected chi connectivity index (χ4v) is 1.85. The van der Waals surface area contributed by atoms with Crippen LogP contribution in [0.2, 0.25) is 0 Å². The molecule has 0 saturated heterocycles. The normalized spacial score (nSPS) is 10.5. The minimum Gasteiger partial charge on any atom is -0.481 e. The van der Waals surface area contributed by atoms with Crippen LogP contribution in [-0.2, 0) is 17.6 Å². The molecule has 94 valence electrons. The molecule has 1 rings (SSSR count). The van der Waals surface area contributed by atoms with Crippen molar-refractivity contribution in [3.63, 3.8) is 0 Å². The van der Waals surface area contributed by atoms with Crippen molar-refractivity contribution < 1.29 is 9.90 Å². The first-order chi connectivity index (χ1) is 8.04. The van der Waals surface area contributed by atoms with Gasteiger partial charge in [-0.05, 0) is 32.3 Å². The van der Waals surface area contributed by atoms with E-state index in [1.807, 2.05) is 13.8 Å². The Balaban J connectivity index is 2.82. The van der Waals surface area contributed by atoms with E-state index in [1.165, 1.54) is 0 Å². The number of aliphatic carboxylic acids is 1. The van der Waals surface area contributed by atoms with Gasteiger partial charge in [-0.25, -0.2) is 9.97 Å². The highest BCUT2D eigenvalue weighted by Gasteiger charge is 2.09. The molecular formula is C13H20N2O2. The summed E-state index contributed by atoms with van der Waals surface area (Å²) >= 11 is 0. The van der Waals surface area contributed by atoms with Crippen molar-refractivity contribution in [2.45, 2.75) is 52.9 Å². The Morgan fingerprint density at radius 1 is 1.18 bits per heavy atom. The molecule has 0 aliphatic rings. The zero-order valence-electron chi connectivity index (χ0n) is 10.8. The topological polar surface area (TPSA) is 63.1 Å². The van der Waals surface area contributed by atoms with Crippen LogP contribution >= 0.6 is 0 Å². The van der Waals surface area contributed by atoms with E-state index >= 15 is 0 Å². The van der Waals surface area contributed by atoms with Gasteiger partial charge in [-0.1, -0.05) is 13.3 Å². The molecule has 0 aromatic carbocycles. The monoisotopic (exact) mass is 236 g/mol. The molecule has 4 heteroatoms. The lowest BCUT2D eigenvalue weighted by Gasteiger charge is -2.09. The van der Waals surface area contributed by atoms with Crippen molar-refractivity contribution in [3.8, 4) is 0 Å². The molecule has 0 atom stereocenters. The van der Waals surface area contributed by atoms with E-state index < -0.39 is 5.97 Å². The van der Waals surface area contributed by atoms with Gasteiger partial charge in [0.15, 0.2) is 0 Å². The largest absolute Gasteiger partial charge is 0.481 e. The van der Waals surface area contributed by atoms with Gasteiger partial charge >= 0.3 is 5.97 Å². The van der Waals surface area contributed by atoms with Gasteiger partial charge in [0.2, 0.25) is 0 Å². The lowest BCUT2D eigenvalue weighted by molar-refractivity contribution is -0.136. The molecule has 1 heterocycles. The number of carboxylic acid groups (broad SMARTS) is 1. The first-order valence-corrected chi connectivity index (χ1v) is 6.09. The van der Waals surface area contributed by atoms with Crippen molar-refractivity contribution in [3.05, 3.63) is 22.8 Å². The highest BCUT2D eigenvalue weighted by atomic mass is 16.4. The number of nitrogens with zero attached hydrogens (tertiary/aromatic N) is 2. The van der Waals surface area contributed by atoms with Gasteiger partial charge < -0.3 is 5.11 Å². The lowest BCUT2D eigenvalue weighted by atomic mass is 10.1. The molecule has 0 radical (unpaired) electrons. The number of hydrogen-bond donors (Lipinski definition) is 1. The molecule has 0 spiro atoms. The third-order valence-electron chi connectivity index (χ3n) is 2.81. The Morgan fingerprint density at radius 3 is 2.24 bits per heavy atom. The predicted octanol–water partition coefficient (Wildman–Crippen LogP) is 2.45. The molecule has 0 saturated carbocycles. The number of aromatic nitrogens is 2. The maximum atomic E-state index is 10.6. The zero-order valence-corrected chi connectivity index (χ0v) is 10.8. The lowest BCUT2D eigenvalue weighted by Crippen LogP contribution is -2.07. The summed E-state index contributed by atoms with van der Waals surface area (Å²) in [5.74, 6) is 0.0970. The number of aryl methyl sites for hydroxylation is 3. The van der Waals surface area contributed by atoms with Crippen LogP contribution in [0.5, 0.6) is 0 Å². The van der Waals surface area contributed by atoms with Crippen LogP contribution < -0.4 is 0 Å². The van der Waals surface area contributed by atoms with Crippen molar-refractivity contribution in [2.75, 3.05) is 0 Å². The summed E-state index contributed by atoms with van der Waals surface area (Å²) in [5, 5.41) is 8.69. The van der Waals surface area contributed by atoms with E-state index in [2.05, 4.69) is 16.9 Å². The van der Waals surface area contributed by atoms with Gasteiger partial charge in [-0.15, -0.1) is 0 Å². The quantitative estimate of drug-likeness (QED) is 0.824. The molecule has 0 amide bonds. The van der Waals surface area contributed by atoms with Gasteiger partial charge in [0, 0.05) is 24.2 Å². The Labute approximate surface area is 102 Å². The summed E-state index contributed by atoms with van der Waals surface area (Å²) in [4.78, 5) is 19.5. The number of carboxylic acids is 1. The number of unbranched alkanes of at least 4 members (excludes halogenated alkanes) is 1. The summed E-state index contributed by atoms with van der Waals surface area (Å²) in [6.07, 6.45) is 3.77. The van der Waals surface area contributed by atoms with Crippen LogP contribution in [0.3, 0.4) is 0 Å². The Morgan fingerprint density at radius 2 is 1.76 bits per heavy atom. The molecule has 0 bridgehead atoms. The van der Waals surface area contributed by atoms with E-state index in [4.69, 9.17) is 5.11 Å². The minimum absolute atomic E-state index is 0.138. The van der Waals surface area contributed by atoms with E-state index in [1.54, 1.807) is 0 Å². The Hall–Kier alpha value is -1.45. The number of rotatable bonds is 6. The van der Waals surface area contributed by atoms with Gasteiger partial charge in [-0.2, -0.15) is 0 Å². The van der Waals surface area contributed by atoms with Crippen molar-refractivity contribution in [2.24, 2.45) is 0 Å². The van der Waals surface area contributed by atoms with Gasteiger partial charge in [0.05, 0.1) is 0 Å². The van der Waals surface area contributed by atoms with E-state index in [-0.39, 0.29) is 6.42 Å². The second kappa shape index (κ2) is 6.33. The Kier molecular flexibility index (Phi) is 5.07. The van der Waals surface area contributed by atoms with E-state index in [9.17, 15) is 4.79 Å². The predicted molar refractivity (Wildman–Crippen MR) is 66.1 cm³/mol. The van der Waals surface area contributed by atoms with E-state index in [0.29, 0.717) is 6.42 Å². The maximum absolute atomic E-state index is 10.6. The van der Waals surface area contributed by atoms with Gasteiger partial charge in [0.1, 0.15) is 5.82 Å². The summed E-state index contributed by atoms with van der Waals surface area (Å²) in [6, 6.07) is 0. The minimum atomic E-state index is -0.779. The molecule has 0 aliphatic carbocycles. The molecule has 0 fully saturated rings. The third kappa shape index (κ3) is 4.13. The first kappa shape index (κ1) is 13.6. The van der Waals surface area contributed by atoms with Crippen LogP contribution in [0, 0.1) is 13.8 Å². The van der Waals surface area contributed by atoms with Crippen LogP contribution in [0.1, 0.15) is 49.0 Å². The third-order valence-corrected chi connectivity index (χ3v) is 2.81. The second-order valence-corrected chi connectivity index (χ2v) is 4.29. The average Bonchev–Trinajstić information content (AvgIpc) is 2.24. The summed E-state index contributed by atoms with van der Waals surface area (Å²) in [7, 11) is 0. The highest BCUT2D eigenvalue weighted by Crippen LogP contribution is 2.13. The molecule has 1 aromatic rings. The Bertz CT molecular complexity index is 379. The van der Waals surface area contributed by atoms with Crippen LogP contribution in [0.4, 0.5) is 0 Å². The average molecular weight is 236 g/mol. The second-order valence-electron chi connectivity index (χ2n) is 4.29. The number of hydrogen-bond acceptors (Lipinski definition) is 3. The van der Waals surface area contributed by atoms with Crippen LogP contribution in [0.25, 0.3) is 0 Å². The molecule has 0 unspecified atom stereocenters. The fourth-order valence-electron chi connectivity index (χ4n) is 1.85. The summed E-state index contributed by atoms with van der Waals surface area (Å²) in [6.45, 7) is 6.00. The van der Waals surface area contributed by atoms with Gasteiger partial charge in [-0.3, -0.25) is 4.79 Å². The molecule has 17 heavy (non-hydrogen) atoms.